The van der Waals surface area contributed by atoms with E-state index in [2.05, 4.69) is 0 Å². The van der Waals surface area contributed by atoms with Gasteiger partial charge in [0.1, 0.15) is 0 Å². The molecule has 0 radical (unpaired) electrons. The van der Waals surface area contributed by atoms with Crippen LogP contribution in [0.3, 0.4) is 0 Å². The number of amides is 2. The largest absolute Gasteiger partial charge is 0.449 e. The molecular weight excluding hydrogens is 186 g/mol. The predicted molar refractivity (Wildman–Crippen MR) is 48.6 cm³/mol. The summed E-state index contributed by atoms with van der Waals surface area (Å²) in [5.74, 6) is -0.362. The van der Waals surface area contributed by atoms with E-state index in [1.807, 2.05) is 6.92 Å². The highest BCUT2D eigenvalue weighted by molar-refractivity contribution is 5.93. The number of carbonyl (C=O) groups excluding carboxylic acids is 2. The molecule has 0 aromatic carbocycles. The zero-order valence-corrected chi connectivity index (χ0v) is 8.23. The summed E-state index contributed by atoms with van der Waals surface area (Å²) in [7, 11) is 0. The van der Waals surface area contributed by atoms with Crippen LogP contribution >= 0.6 is 0 Å². The molecule has 1 unspecified atom stereocenters. The van der Waals surface area contributed by atoms with E-state index in [9.17, 15) is 9.59 Å². The Labute approximate surface area is 82.6 Å². The molecule has 1 heterocycles. The Morgan fingerprint density at radius 2 is 2.43 bits per heavy atom. The van der Waals surface area contributed by atoms with E-state index in [1.54, 1.807) is 0 Å². The lowest BCUT2D eigenvalue weighted by molar-refractivity contribution is -0.126. The molecule has 0 aliphatic carbocycles. The van der Waals surface area contributed by atoms with Crippen molar-refractivity contribution in [3.63, 3.8) is 0 Å². The Morgan fingerprint density at radius 1 is 1.71 bits per heavy atom. The standard InChI is InChI=1S/C9H15NO4/c1-2-3-4-14-9(13)10-6-7(11)5-8(10)12/h7,11H,2-6H2,1H3. The van der Waals surface area contributed by atoms with Gasteiger partial charge in [-0.2, -0.15) is 0 Å². The number of rotatable bonds is 3. The van der Waals surface area contributed by atoms with Crippen molar-refractivity contribution in [1.29, 1.82) is 0 Å². The molecule has 1 aliphatic heterocycles. The van der Waals surface area contributed by atoms with E-state index in [1.165, 1.54) is 0 Å². The first-order valence-corrected chi connectivity index (χ1v) is 4.80. The van der Waals surface area contributed by atoms with Crippen molar-refractivity contribution in [1.82, 2.24) is 4.90 Å². The highest BCUT2D eigenvalue weighted by Crippen LogP contribution is 2.12. The fourth-order valence-electron chi connectivity index (χ4n) is 1.25. The monoisotopic (exact) mass is 201 g/mol. The van der Waals surface area contributed by atoms with Crippen LogP contribution in [-0.4, -0.2) is 41.3 Å². The van der Waals surface area contributed by atoms with E-state index < -0.39 is 12.2 Å². The quantitative estimate of drug-likeness (QED) is 0.676. The van der Waals surface area contributed by atoms with Gasteiger partial charge in [-0.1, -0.05) is 13.3 Å². The first-order chi connectivity index (χ1) is 6.65. The third-order valence-corrected chi connectivity index (χ3v) is 2.05. The number of carbonyl (C=O) groups is 2. The van der Waals surface area contributed by atoms with Crippen molar-refractivity contribution in [2.24, 2.45) is 0 Å². The van der Waals surface area contributed by atoms with Crippen molar-refractivity contribution in [3.8, 4) is 0 Å². The minimum atomic E-state index is -0.735. The maximum absolute atomic E-state index is 11.2. The number of β-amino-alcohol motifs (C(OH)–C–C–N with tert-alkyl or cyclic N) is 1. The Hall–Kier alpha value is -1.10. The fourth-order valence-corrected chi connectivity index (χ4v) is 1.25. The molecule has 2 amide bonds. The average molecular weight is 201 g/mol. The number of imide groups is 1. The van der Waals surface area contributed by atoms with Crippen LogP contribution in [0.25, 0.3) is 0 Å². The Kier molecular flexibility index (Phi) is 3.88. The van der Waals surface area contributed by atoms with Gasteiger partial charge in [-0.05, 0) is 6.42 Å². The normalized spacial score (nSPS) is 21.4. The maximum atomic E-state index is 11.2. The Bertz CT molecular complexity index is 229. The van der Waals surface area contributed by atoms with E-state index in [0.717, 1.165) is 17.7 Å². The third kappa shape index (κ3) is 2.70. The van der Waals surface area contributed by atoms with Crippen LogP contribution in [0, 0.1) is 0 Å². The zero-order valence-electron chi connectivity index (χ0n) is 8.23. The van der Waals surface area contributed by atoms with Gasteiger partial charge in [-0.25, -0.2) is 9.69 Å². The van der Waals surface area contributed by atoms with Crippen LogP contribution in [0.4, 0.5) is 4.79 Å². The van der Waals surface area contributed by atoms with Crippen LogP contribution in [0.2, 0.25) is 0 Å². The number of nitrogens with zero attached hydrogens (tertiary/aromatic N) is 1. The summed E-state index contributed by atoms with van der Waals surface area (Å²) in [6.07, 6.45) is 0.365. The number of unbranched alkanes of at least 4 members (excludes halogenated alkanes) is 1. The minimum Gasteiger partial charge on any atom is -0.449 e. The number of aliphatic hydroxyl groups is 1. The van der Waals surface area contributed by atoms with Gasteiger partial charge in [0.05, 0.1) is 25.7 Å². The lowest BCUT2D eigenvalue weighted by Crippen LogP contribution is -2.33. The van der Waals surface area contributed by atoms with Gasteiger partial charge in [0.2, 0.25) is 5.91 Å². The van der Waals surface area contributed by atoms with E-state index in [0.29, 0.717) is 6.61 Å². The number of hydrogen-bond acceptors (Lipinski definition) is 4. The summed E-state index contributed by atoms with van der Waals surface area (Å²) < 4.78 is 4.84. The van der Waals surface area contributed by atoms with Crippen molar-refractivity contribution < 1.29 is 19.4 Å². The van der Waals surface area contributed by atoms with Gasteiger partial charge in [0.15, 0.2) is 0 Å². The molecule has 0 spiro atoms. The molecule has 1 saturated heterocycles. The summed E-state index contributed by atoms with van der Waals surface area (Å²) in [6.45, 7) is 2.37. The molecular formula is C9H15NO4. The molecule has 0 aromatic rings. The molecule has 0 aromatic heterocycles. The lowest BCUT2D eigenvalue weighted by atomic mass is 10.3. The summed E-state index contributed by atoms with van der Waals surface area (Å²) in [5, 5.41) is 9.12. The highest BCUT2D eigenvalue weighted by Gasteiger charge is 2.33. The summed E-state index contributed by atoms with van der Waals surface area (Å²) in [4.78, 5) is 23.3. The van der Waals surface area contributed by atoms with Gasteiger partial charge in [-0.3, -0.25) is 4.79 Å². The SMILES string of the molecule is CCCCOC(=O)N1CC(O)CC1=O. The number of ether oxygens (including phenoxy) is 1. The van der Waals surface area contributed by atoms with Crippen molar-refractivity contribution in [2.45, 2.75) is 32.3 Å². The van der Waals surface area contributed by atoms with E-state index in [-0.39, 0.29) is 18.9 Å². The van der Waals surface area contributed by atoms with Crippen LogP contribution in [0.5, 0.6) is 0 Å². The predicted octanol–water partition coefficient (Wildman–Crippen LogP) is 0.516. The number of aliphatic hydroxyl groups excluding tert-OH is 1. The first kappa shape index (κ1) is 11.0. The first-order valence-electron chi connectivity index (χ1n) is 4.80. The fraction of sp³-hybridized carbons (Fsp3) is 0.778. The molecule has 1 rings (SSSR count). The van der Waals surface area contributed by atoms with Gasteiger partial charge in [0, 0.05) is 0 Å². The van der Waals surface area contributed by atoms with Crippen LogP contribution in [0.15, 0.2) is 0 Å². The van der Waals surface area contributed by atoms with Gasteiger partial charge in [0.25, 0.3) is 0 Å². The number of hydrogen-bond donors (Lipinski definition) is 1. The molecule has 1 atom stereocenters. The highest BCUT2D eigenvalue weighted by atomic mass is 16.6. The maximum Gasteiger partial charge on any atom is 0.416 e. The molecule has 14 heavy (non-hydrogen) atoms. The summed E-state index contributed by atoms with van der Waals surface area (Å²) >= 11 is 0. The lowest BCUT2D eigenvalue weighted by Gasteiger charge is -2.13. The van der Waals surface area contributed by atoms with Crippen molar-refractivity contribution in [3.05, 3.63) is 0 Å². The molecule has 0 bridgehead atoms. The molecule has 1 fully saturated rings. The second kappa shape index (κ2) is 4.95. The second-order valence-electron chi connectivity index (χ2n) is 3.33. The Morgan fingerprint density at radius 3 is 2.93 bits per heavy atom. The van der Waals surface area contributed by atoms with Crippen LogP contribution < -0.4 is 0 Å². The van der Waals surface area contributed by atoms with Crippen molar-refractivity contribution in [2.75, 3.05) is 13.2 Å². The molecule has 0 saturated carbocycles. The van der Waals surface area contributed by atoms with Gasteiger partial charge < -0.3 is 9.84 Å². The summed E-state index contributed by atoms with van der Waals surface area (Å²) in [5.41, 5.74) is 0. The summed E-state index contributed by atoms with van der Waals surface area (Å²) in [6, 6.07) is 0. The minimum absolute atomic E-state index is 0.0167. The topological polar surface area (TPSA) is 66.8 Å². The molecule has 1 N–H and O–H groups in total. The zero-order chi connectivity index (χ0) is 10.6. The Balaban J connectivity index is 2.33. The number of likely N-dealkylation sites (tertiary alicyclic amines) is 1. The average Bonchev–Trinajstić information content (AvgIpc) is 2.45. The molecule has 1 aliphatic rings. The van der Waals surface area contributed by atoms with Crippen LogP contribution in [0.1, 0.15) is 26.2 Å². The third-order valence-electron chi connectivity index (χ3n) is 2.05. The molecule has 5 heteroatoms. The van der Waals surface area contributed by atoms with E-state index in [4.69, 9.17) is 9.84 Å². The molecule has 5 nitrogen and oxygen atoms in total. The van der Waals surface area contributed by atoms with Crippen LogP contribution in [-0.2, 0) is 9.53 Å². The van der Waals surface area contributed by atoms with Gasteiger partial charge >= 0.3 is 6.09 Å². The smallest absolute Gasteiger partial charge is 0.416 e. The molecule has 80 valence electrons. The van der Waals surface area contributed by atoms with Gasteiger partial charge in [-0.15, -0.1) is 0 Å². The second-order valence-corrected chi connectivity index (χ2v) is 3.33. The van der Waals surface area contributed by atoms with E-state index >= 15 is 0 Å². The van der Waals surface area contributed by atoms with Crippen molar-refractivity contribution >= 4 is 12.0 Å².